The molecule has 4 rings (SSSR count). The van der Waals surface area contributed by atoms with Gasteiger partial charge in [0.1, 0.15) is 6.54 Å². The molecule has 0 atom stereocenters. The van der Waals surface area contributed by atoms with Crippen molar-refractivity contribution in [1.82, 2.24) is 15.2 Å². The van der Waals surface area contributed by atoms with Crippen molar-refractivity contribution in [3.8, 4) is 0 Å². The number of rotatable bonds is 1. The first-order valence-electron chi connectivity index (χ1n) is 8.14. The van der Waals surface area contributed by atoms with Gasteiger partial charge in [0.25, 0.3) is 5.91 Å². The number of carbonyl (C=O) groups excluding carboxylic acids is 2. The lowest BCUT2D eigenvalue weighted by Gasteiger charge is -2.29. The van der Waals surface area contributed by atoms with Crippen LogP contribution in [0.15, 0.2) is 42.7 Å². The lowest BCUT2D eigenvalue weighted by Crippen LogP contribution is -2.42. The van der Waals surface area contributed by atoms with Crippen LogP contribution in [-0.4, -0.2) is 33.5 Å². The number of aromatic amines is 1. The van der Waals surface area contributed by atoms with Crippen LogP contribution in [0.2, 0.25) is 0 Å². The zero-order valence-electron chi connectivity index (χ0n) is 14.1. The summed E-state index contributed by atoms with van der Waals surface area (Å²) in [6.45, 7) is 4.24. The second kappa shape index (κ2) is 7.12. The van der Waals surface area contributed by atoms with Gasteiger partial charge in [0.05, 0.1) is 23.1 Å². The van der Waals surface area contributed by atoms with Gasteiger partial charge in [-0.3, -0.25) is 19.6 Å². The number of aromatic nitrogens is 3. The lowest BCUT2D eigenvalue weighted by molar-refractivity contribution is -0.115. The van der Waals surface area contributed by atoms with Crippen molar-refractivity contribution in [2.75, 3.05) is 16.8 Å². The standard InChI is InChI=1S/C15H11N5O2.C3H8/c21-13-8-20(12-4-2-1-3-11(12)18-13)15(22)10-5-9-7-17-19-14(9)16-6-10;1-3-2/h1-7H,8H2,(H,18,21)(H,16,17,19);3H2,1-2H3. The number of nitrogens with zero attached hydrogens (tertiary/aromatic N) is 3. The number of pyridine rings is 1. The van der Waals surface area contributed by atoms with E-state index >= 15 is 0 Å². The Kier molecular flexibility index (Phi) is 4.74. The summed E-state index contributed by atoms with van der Waals surface area (Å²) in [5.74, 6) is -0.484. The Morgan fingerprint density at radius 1 is 1.24 bits per heavy atom. The first-order valence-corrected chi connectivity index (χ1v) is 8.14. The Balaban J connectivity index is 0.000000569. The molecule has 0 radical (unpaired) electrons. The highest BCUT2D eigenvalue weighted by molar-refractivity contribution is 6.15. The largest absolute Gasteiger partial charge is 0.323 e. The fraction of sp³-hybridized carbons (Fsp3) is 0.222. The van der Waals surface area contributed by atoms with Gasteiger partial charge in [0.15, 0.2) is 5.65 Å². The van der Waals surface area contributed by atoms with Gasteiger partial charge in [-0.15, -0.1) is 0 Å². The quantitative estimate of drug-likeness (QED) is 0.714. The summed E-state index contributed by atoms with van der Waals surface area (Å²) in [4.78, 5) is 30.2. The van der Waals surface area contributed by atoms with Crippen LogP contribution in [0.25, 0.3) is 11.0 Å². The third-order valence-electron chi connectivity index (χ3n) is 3.55. The van der Waals surface area contributed by atoms with Crippen molar-refractivity contribution < 1.29 is 9.59 Å². The number of fused-ring (bicyclic) bond motifs is 2. The van der Waals surface area contributed by atoms with Crippen LogP contribution in [0.5, 0.6) is 0 Å². The molecule has 2 aromatic heterocycles. The first kappa shape index (κ1) is 16.6. The van der Waals surface area contributed by atoms with E-state index < -0.39 is 0 Å². The SMILES string of the molecule is CCC.O=C1CN(C(=O)c2cnc3[nH]ncc3c2)c2ccccc2N1. The topological polar surface area (TPSA) is 91.0 Å². The van der Waals surface area contributed by atoms with Crippen molar-refractivity contribution >= 4 is 34.2 Å². The number of nitrogens with one attached hydrogen (secondary N) is 2. The molecule has 0 aliphatic carbocycles. The van der Waals surface area contributed by atoms with Crippen LogP contribution in [0.3, 0.4) is 0 Å². The molecule has 0 unspecified atom stereocenters. The van der Waals surface area contributed by atoms with Crippen LogP contribution in [-0.2, 0) is 4.79 Å². The molecule has 128 valence electrons. The van der Waals surface area contributed by atoms with Crippen molar-refractivity contribution in [3.63, 3.8) is 0 Å². The summed E-state index contributed by atoms with van der Waals surface area (Å²) >= 11 is 0. The van der Waals surface area contributed by atoms with E-state index in [2.05, 4.69) is 34.3 Å². The zero-order chi connectivity index (χ0) is 17.8. The molecule has 3 heterocycles. The fourth-order valence-electron chi connectivity index (χ4n) is 2.52. The normalized spacial score (nSPS) is 12.9. The molecular weight excluding hydrogens is 318 g/mol. The van der Waals surface area contributed by atoms with Gasteiger partial charge in [-0.1, -0.05) is 32.4 Å². The van der Waals surface area contributed by atoms with Crippen LogP contribution >= 0.6 is 0 Å². The summed E-state index contributed by atoms with van der Waals surface area (Å²) in [6, 6.07) is 8.92. The molecule has 2 amide bonds. The molecule has 7 heteroatoms. The van der Waals surface area contributed by atoms with Crippen molar-refractivity contribution in [3.05, 3.63) is 48.3 Å². The van der Waals surface area contributed by atoms with Gasteiger partial charge in [0.2, 0.25) is 5.91 Å². The molecule has 0 spiro atoms. The minimum Gasteiger partial charge on any atom is -0.323 e. The Morgan fingerprint density at radius 3 is 2.80 bits per heavy atom. The maximum Gasteiger partial charge on any atom is 0.260 e. The number of para-hydroxylation sites is 2. The minimum absolute atomic E-state index is 0.0146. The number of benzene rings is 1. The highest BCUT2D eigenvalue weighted by Gasteiger charge is 2.27. The number of amides is 2. The summed E-state index contributed by atoms with van der Waals surface area (Å²) in [7, 11) is 0. The van der Waals surface area contributed by atoms with E-state index in [0.29, 0.717) is 22.6 Å². The van der Waals surface area contributed by atoms with Crippen LogP contribution in [0.4, 0.5) is 11.4 Å². The van der Waals surface area contributed by atoms with Crippen molar-refractivity contribution in [2.24, 2.45) is 0 Å². The average molecular weight is 337 g/mol. The van der Waals surface area contributed by atoms with Crippen molar-refractivity contribution in [2.45, 2.75) is 20.3 Å². The molecule has 1 aliphatic rings. The van der Waals surface area contributed by atoms with E-state index in [1.807, 2.05) is 12.1 Å². The summed E-state index contributed by atoms with van der Waals surface area (Å²) in [5, 5.41) is 10.1. The Morgan fingerprint density at radius 2 is 2.00 bits per heavy atom. The van der Waals surface area contributed by atoms with E-state index in [4.69, 9.17) is 0 Å². The van der Waals surface area contributed by atoms with Gasteiger partial charge in [0, 0.05) is 11.6 Å². The Hall–Kier alpha value is -3.22. The molecule has 1 aliphatic heterocycles. The van der Waals surface area contributed by atoms with Gasteiger partial charge in [-0.05, 0) is 18.2 Å². The smallest absolute Gasteiger partial charge is 0.260 e. The van der Waals surface area contributed by atoms with E-state index in [-0.39, 0.29) is 18.4 Å². The van der Waals surface area contributed by atoms with Gasteiger partial charge in [-0.2, -0.15) is 5.10 Å². The maximum absolute atomic E-state index is 12.7. The van der Waals surface area contributed by atoms with Gasteiger partial charge >= 0.3 is 0 Å². The second-order valence-electron chi connectivity index (χ2n) is 5.70. The second-order valence-corrected chi connectivity index (χ2v) is 5.70. The van der Waals surface area contributed by atoms with Crippen LogP contribution in [0, 0.1) is 0 Å². The monoisotopic (exact) mass is 337 g/mol. The third-order valence-corrected chi connectivity index (χ3v) is 3.55. The third kappa shape index (κ3) is 3.35. The molecule has 0 bridgehead atoms. The summed E-state index contributed by atoms with van der Waals surface area (Å²) < 4.78 is 0. The predicted octanol–water partition coefficient (Wildman–Crippen LogP) is 2.97. The number of hydrogen-bond donors (Lipinski definition) is 2. The molecule has 25 heavy (non-hydrogen) atoms. The lowest BCUT2D eigenvalue weighted by atomic mass is 10.1. The molecule has 1 aromatic carbocycles. The number of hydrogen-bond acceptors (Lipinski definition) is 4. The van der Waals surface area contributed by atoms with E-state index in [9.17, 15) is 9.59 Å². The molecule has 0 saturated heterocycles. The fourth-order valence-corrected chi connectivity index (χ4v) is 2.52. The Bertz CT molecular complexity index is 918. The molecule has 2 N–H and O–H groups in total. The summed E-state index contributed by atoms with van der Waals surface area (Å²) in [5.41, 5.74) is 2.34. The summed E-state index contributed by atoms with van der Waals surface area (Å²) in [6.07, 6.45) is 4.34. The van der Waals surface area contributed by atoms with Crippen LogP contribution in [0.1, 0.15) is 30.6 Å². The molecule has 0 saturated carbocycles. The molecular formula is C18H19N5O2. The average Bonchev–Trinajstić information content (AvgIpc) is 3.08. The molecule has 0 fully saturated rings. The maximum atomic E-state index is 12.7. The minimum atomic E-state index is -0.266. The first-order chi connectivity index (χ1) is 12.1. The van der Waals surface area contributed by atoms with E-state index in [1.54, 1.807) is 24.4 Å². The predicted molar refractivity (Wildman–Crippen MR) is 96.6 cm³/mol. The van der Waals surface area contributed by atoms with Crippen molar-refractivity contribution in [1.29, 1.82) is 0 Å². The zero-order valence-corrected chi connectivity index (χ0v) is 14.1. The molecule has 7 nitrogen and oxygen atoms in total. The van der Waals surface area contributed by atoms with Crippen LogP contribution < -0.4 is 10.2 Å². The molecule has 3 aromatic rings. The van der Waals surface area contributed by atoms with Gasteiger partial charge in [-0.25, -0.2) is 4.98 Å². The van der Waals surface area contributed by atoms with E-state index in [1.165, 1.54) is 17.5 Å². The Labute approximate surface area is 145 Å². The number of H-pyrrole nitrogens is 1. The van der Waals surface area contributed by atoms with E-state index in [0.717, 1.165) is 5.39 Å². The highest BCUT2D eigenvalue weighted by Crippen LogP contribution is 2.30. The van der Waals surface area contributed by atoms with Gasteiger partial charge < -0.3 is 5.32 Å². The highest BCUT2D eigenvalue weighted by atomic mass is 16.2. The number of anilines is 2. The number of carbonyl (C=O) groups is 2.